The molecule has 0 radical (unpaired) electrons. The lowest BCUT2D eigenvalue weighted by molar-refractivity contribution is 0.214. The van der Waals surface area contributed by atoms with E-state index in [0.29, 0.717) is 11.4 Å². The predicted molar refractivity (Wildman–Crippen MR) is 84.0 cm³/mol. The number of alkyl halides is 1. The van der Waals surface area contributed by atoms with Crippen LogP contribution in [0.15, 0.2) is 36.5 Å². The molecule has 0 aromatic carbocycles. The van der Waals surface area contributed by atoms with Crippen molar-refractivity contribution >= 4 is 11.3 Å². The highest BCUT2D eigenvalue weighted by Gasteiger charge is 2.22. The van der Waals surface area contributed by atoms with Crippen LogP contribution in [0.3, 0.4) is 0 Å². The van der Waals surface area contributed by atoms with E-state index in [4.69, 9.17) is 0 Å². The molecular weight excluding hydrogens is 285 g/mol. The second-order valence-electron chi connectivity index (χ2n) is 5.48. The molecule has 0 amide bonds. The summed E-state index contributed by atoms with van der Waals surface area (Å²) in [6, 6.07) is 9.82. The van der Waals surface area contributed by atoms with Crippen LogP contribution in [0.2, 0.25) is 0 Å². The van der Waals surface area contributed by atoms with E-state index in [9.17, 15) is 4.39 Å². The van der Waals surface area contributed by atoms with Gasteiger partial charge in [-0.15, -0.1) is 11.3 Å². The van der Waals surface area contributed by atoms with E-state index >= 15 is 0 Å². The fourth-order valence-corrected chi connectivity index (χ4v) is 2.90. The second kappa shape index (κ2) is 5.07. The van der Waals surface area contributed by atoms with Crippen LogP contribution in [0.1, 0.15) is 24.4 Å². The molecule has 0 aliphatic carbocycles. The number of halogens is 1. The molecule has 0 aliphatic heterocycles. The molecular formula is C16H16FN3S. The molecule has 0 bridgehead atoms. The summed E-state index contributed by atoms with van der Waals surface area (Å²) >= 11 is 1.74. The van der Waals surface area contributed by atoms with Gasteiger partial charge in [0.05, 0.1) is 11.4 Å². The van der Waals surface area contributed by atoms with Gasteiger partial charge < -0.3 is 0 Å². The number of H-pyrrole nitrogens is 1. The molecule has 3 nitrogen and oxygen atoms in total. The van der Waals surface area contributed by atoms with Gasteiger partial charge in [-0.3, -0.25) is 10.1 Å². The van der Waals surface area contributed by atoms with Crippen molar-refractivity contribution < 1.29 is 4.39 Å². The number of aryl methyl sites for hydroxylation is 1. The third kappa shape index (κ3) is 2.88. The zero-order valence-corrected chi connectivity index (χ0v) is 13.0. The van der Waals surface area contributed by atoms with Crippen molar-refractivity contribution in [2.75, 3.05) is 0 Å². The Labute approximate surface area is 126 Å². The zero-order valence-electron chi connectivity index (χ0n) is 12.1. The fourth-order valence-electron chi connectivity index (χ4n) is 2.04. The summed E-state index contributed by atoms with van der Waals surface area (Å²) in [4.78, 5) is 6.90. The lowest BCUT2D eigenvalue weighted by Crippen LogP contribution is -2.09. The molecule has 0 aliphatic rings. The minimum absolute atomic E-state index is 0.456. The van der Waals surface area contributed by atoms with Gasteiger partial charge in [0.25, 0.3) is 0 Å². The average molecular weight is 301 g/mol. The Kier molecular flexibility index (Phi) is 3.37. The number of aromatic amines is 1. The van der Waals surface area contributed by atoms with Gasteiger partial charge in [0.1, 0.15) is 11.4 Å². The number of hydrogen-bond acceptors (Lipinski definition) is 3. The topological polar surface area (TPSA) is 41.6 Å². The SMILES string of the molecule is Cc1ccc(-c2ccc(-c3cc(C(C)(C)F)[nH]n3)nc2)s1. The lowest BCUT2D eigenvalue weighted by Gasteiger charge is -2.09. The van der Waals surface area contributed by atoms with Crippen molar-refractivity contribution in [3.05, 3.63) is 47.1 Å². The van der Waals surface area contributed by atoms with Gasteiger partial charge in [-0.2, -0.15) is 5.10 Å². The molecule has 0 fully saturated rings. The van der Waals surface area contributed by atoms with Crippen LogP contribution < -0.4 is 0 Å². The van der Waals surface area contributed by atoms with Crippen LogP contribution in [0.4, 0.5) is 4.39 Å². The minimum atomic E-state index is -1.43. The van der Waals surface area contributed by atoms with Crippen molar-refractivity contribution in [3.63, 3.8) is 0 Å². The molecule has 3 heterocycles. The highest BCUT2D eigenvalue weighted by atomic mass is 32.1. The van der Waals surface area contributed by atoms with Gasteiger partial charge in [-0.25, -0.2) is 4.39 Å². The van der Waals surface area contributed by atoms with Gasteiger partial charge in [0, 0.05) is 21.5 Å². The molecule has 0 atom stereocenters. The molecule has 3 rings (SSSR count). The van der Waals surface area contributed by atoms with Crippen LogP contribution in [0, 0.1) is 6.92 Å². The van der Waals surface area contributed by atoms with Crippen LogP contribution in [0.5, 0.6) is 0 Å². The Bertz CT molecular complexity index is 750. The maximum absolute atomic E-state index is 13.8. The summed E-state index contributed by atoms with van der Waals surface area (Å²) in [5, 5.41) is 6.87. The number of aromatic nitrogens is 3. The summed E-state index contributed by atoms with van der Waals surface area (Å²) in [5.74, 6) is 0. The van der Waals surface area contributed by atoms with Crippen molar-refractivity contribution in [1.29, 1.82) is 0 Å². The molecule has 5 heteroatoms. The summed E-state index contributed by atoms with van der Waals surface area (Å²) < 4.78 is 13.8. The van der Waals surface area contributed by atoms with Crippen molar-refractivity contribution in [3.8, 4) is 21.8 Å². The van der Waals surface area contributed by atoms with Gasteiger partial charge in [-0.05, 0) is 51.1 Å². The maximum atomic E-state index is 13.8. The lowest BCUT2D eigenvalue weighted by atomic mass is 10.1. The molecule has 0 saturated carbocycles. The normalized spacial score (nSPS) is 11.8. The van der Waals surface area contributed by atoms with Crippen LogP contribution in [-0.4, -0.2) is 15.2 Å². The highest BCUT2D eigenvalue weighted by molar-refractivity contribution is 7.15. The first kappa shape index (κ1) is 13.9. The molecule has 0 unspecified atom stereocenters. The predicted octanol–water partition coefficient (Wildman–Crippen LogP) is 4.71. The van der Waals surface area contributed by atoms with E-state index in [0.717, 1.165) is 11.3 Å². The molecule has 3 aromatic rings. The van der Waals surface area contributed by atoms with Crippen molar-refractivity contribution in [2.24, 2.45) is 0 Å². The maximum Gasteiger partial charge on any atom is 0.146 e. The van der Waals surface area contributed by atoms with Gasteiger partial charge in [0.15, 0.2) is 0 Å². The Balaban J connectivity index is 1.89. The van der Waals surface area contributed by atoms with E-state index in [2.05, 4.69) is 34.2 Å². The summed E-state index contributed by atoms with van der Waals surface area (Å²) in [7, 11) is 0. The standard InChI is InChI=1S/C16H16FN3S/c1-10-4-7-14(21-10)11-5-6-12(18-9-11)13-8-15(20-19-13)16(2,3)17/h4-9H,1-3H3,(H,19,20). The number of nitrogens with one attached hydrogen (secondary N) is 1. The van der Waals surface area contributed by atoms with Crippen LogP contribution >= 0.6 is 11.3 Å². The Hall–Kier alpha value is -2.01. The van der Waals surface area contributed by atoms with Crippen LogP contribution in [0.25, 0.3) is 21.8 Å². The molecule has 1 N–H and O–H groups in total. The minimum Gasteiger partial charge on any atom is -0.279 e. The number of hydrogen-bond donors (Lipinski definition) is 1. The van der Waals surface area contributed by atoms with Crippen molar-refractivity contribution in [2.45, 2.75) is 26.4 Å². The summed E-state index contributed by atoms with van der Waals surface area (Å²) in [5.41, 5.74) is 1.50. The van der Waals surface area contributed by atoms with E-state index in [1.54, 1.807) is 17.4 Å². The zero-order chi connectivity index (χ0) is 15.0. The Morgan fingerprint density at radius 3 is 2.48 bits per heavy atom. The van der Waals surface area contributed by atoms with Crippen molar-refractivity contribution in [1.82, 2.24) is 15.2 Å². The number of thiophene rings is 1. The molecule has 0 spiro atoms. The van der Waals surface area contributed by atoms with Crippen LogP contribution in [-0.2, 0) is 5.67 Å². The Morgan fingerprint density at radius 1 is 1.14 bits per heavy atom. The third-order valence-electron chi connectivity index (χ3n) is 3.27. The number of rotatable bonds is 3. The largest absolute Gasteiger partial charge is 0.279 e. The third-order valence-corrected chi connectivity index (χ3v) is 4.32. The smallest absolute Gasteiger partial charge is 0.146 e. The first-order valence-electron chi connectivity index (χ1n) is 6.71. The van der Waals surface area contributed by atoms with E-state index in [1.165, 1.54) is 23.6 Å². The highest BCUT2D eigenvalue weighted by Crippen LogP contribution is 2.29. The second-order valence-corrected chi connectivity index (χ2v) is 6.77. The van der Waals surface area contributed by atoms with Gasteiger partial charge in [0.2, 0.25) is 0 Å². The monoisotopic (exact) mass is 301 g/mol. The number of nitrogens with zero attached hydrogens (tertiary/aromatic N) is 2. The molecule has 108 valence electrons. The molecule has 3 aromatic heterocycles. The molecule has 21 heavy (non-hydrogen) atoms. The average Bonchev–Trinajstić information content (AvgIpc) is 3.07. The molecule has 0 saturated heterocycles. The number of pyridine rings is 1. The fraction of sp³-hybridized carbons (Fsp3) is 0.250. The van der Waals surface area contributed by atoms with E-state index < -0.39 is 5.67 Å². The summed E-state index contributed by atoms with van der Waals surface area (Å²) in [6.07, 6.45) is 1.83. The first-order chi connectivity index (χ1) is 9.93. The van der Waals surface area contributed by atoms with Gasteiger partial charge >= 0.3 is 0 Å². The van der Waals surface area contributed by atoms with E-state index in [1.807, 2.05) is 18.3 Å². The summed E-state index contributed by atoms with van der Waals surface area (Å²) in [6.45, 7) is 5.08. The Morgan fingerprint density at radius 2 is 1.95 bits per heavy atom. The first-order valence-corrected chi connectivity index (χ1v) is 7.53. The quantitative estimate of drug-likeness (QED) is 0.761. The van der Waals surface area contributed by atoms with E-state index in [-0.39, 0.29) is 0 Å². The van der Waals surface area contributed by atoms with Gasteiger partial charge in [-0.1, -0.05) is 0 Å².